The Kier molecular flexibility index (Phi) is 3.13. The zero-order valence-corrected chi connectivity index (χ0v) is 11.4. The highest BCUT2D eigenvalue weighted by atomic mass is 16.3. The first-order valence-corrected chi connectivity index (χ1v) is 6.38. The molecule has 0 saturated heterocycles. The van der Waals surface area contributed by atoms with Gasteiger partial charge in [-0.3, -0.25) is 0 Å². The van der Waals surface area contributed by atoms with Crippen LogP contribution in [0.4, 0.5) is 0 Å². The van der Waals surface area contributed by atoms with E-state index in [9.17, 15) is 10.4 Å². The molecule has 0 radical (unpaired) electrons. The van der Waals surface area contributed by atoms with E-state index in [4.69, 9.17) is 0 Å². The first-order valence-electron chi connectivity index (χ1n) is 6.38. The maximum atomic E-state index is 10.3. The molecule has 0 aromatic heterocycles. The van der Waals surface area contributed by atoms with Gasteiger partial charge in [0.25, 0.3) is 0 Å². The first-order chi connectivity index (χ1) is 10.2. The lowest BCUT2D eigenvalue weighted by atomic mass is 10.1. The van der Waals surface area contributed by atoms with Crippen molar-refractivity contribution >= 4 is 0 Å². The molecule has 1 N–H and O–H groups in total. The van der Waals surface area contributed by atoms with Gasteiger partial charge in [-0.2, -0.15) is 5.26 Å². The molecule has 5 nitrogen and oxygen atoms in total. The van der Waals surface area contributed by atoms with Gasteiger partial charge in [0.05, 0.1) is 10.7 Å². The quantitative estimate of drug-likeness (QED) is 0.623. The largest absolute Gasteiger partial charge is 0.506 e. The summed E-state index contributed by atoms with van der Waals surface area (Å²) in [7, 11) is 1.88. The SMILES string of the molecule is CN1C=CC(=C(O)C(C#N)=C2N=c3ccccc3=N2)C=C1. The van der Waals surface area contributed by atoms with E-state index >= 15 is 0 Å². The average Bonchev–Trinajstić information content (AvgIpc) is 2.92. The van der Waals surface area contributed by atoms with E-state index in [1.165, 1.54) is 0 Å². The van der Waals surface area contributed by atoms with Crippen LogP contribution in [0.15, 0.2) is 81.5 Å². The molecule has 1 aromatic carbocycles. The van der Waals surface area contributed by atoms with Gasteiger partial charge in [-0.1, -0.05) is 12.1 Å². The maximum absolute atomic E-state index is 10.3. The van der Waals surface area contributed by atoms with Crippen LogP contribution in [0, 0.1) is 11.3 Å². The van der Waals surface area contributed by atoms with Gasteiger partial charge < -0.3 is 10.0 Å². The van der Waals surface area contributed by atoms with Crippen LogP contribution in [0.25, 0.3) is 0 Å². The van der Waals surface area contributed by atoms with Crippen LogP contribution in [0.5, 0.6) is 0 Å². The van der Waals surface area contributed by atoms with Crippen LogP contribution in [-0.4, -0.2) is 17.1 Å². The molecular weight excluding hydrogens is 264 g/mol. The van der Waals surface area contributed by atoms with Crippen molar-refractivity contribution in [1.82, 2.24) is 4.90 Å². The summed E-state index contributed by atoms with van der Waals surface area (Å²) in [5.74, 6) is 0.123. The minimum Gasteiger partial charge on any atom is -0.506 e. The zero-order valence-electron chi connectivity index (χ0n) is 11.4. The lowest BCUT2D eigenvalue weighted by molar-refractivity contribution is 0.421. The second-order valence-corrected chi connectivity index (χ2v) is 4.62. The second kappa shape index (κ2) is 5.10. The summed E-state index contributed by atoms with van der Waals surface area (Å²) in [6.07, 6.45) is 7.05. The topological polar surface area (TPSA) is 72.0 Å². The summed E-state index contributed by atoms with van der Waals surface area (Å²) >= 11 is 0. The molecule has 0 aliphatic carbocycles. The van der Waals surface area contributed by atoms with Crippen LogP contribution in [0.1, 0.15) is 0 Å². The van der Waals surface area contributed by atoms with Gasteiger partial charge in [0.15, 0.2) is 5.82 Å². The molecule has 0 saturated carbocycles. The molecule has 0 atom stereocenters. The number of nitriles is 1. The molecule has 3 rings (SSSR count). The van der Waals surface area contributed by atoms with E-state index in [-0.39, 0.29) is 17.2 Å². The van der Waals surface area contributed by atoms with Gasteiger partial charge in [-0.25, -0.2) is 9.98 Å². The number of hydrogen-bond acceptors (Lipinski definition) is 5. The van der Waals surface area contributed by atoms with Crippen LogP contribution in [-0.2, 0) is 0 Å². The minimum absolute atomic E-state index is 0.0695. The molecule has 102 valence electrons. The average molecular weight is 276 g/mol. The highest BCUT2D eigenvalue weighted by molar-refractivity contribution is 5.50. The molecule has 0 bridgehead atoms. The fourth-order valence-electron chi connectivity index (χ4n) is 2.03. The lowest BCUT2D eigenvalue weighted by Gasteiger charge is -2.13. The Morgan fingerprint density at radius 3 is 2.24 bits per heavy atom. The normalized spacial score (nSPS) is 15.1. The summed E-state index contributed by atoms with van der Waals surface area (Å²) in [6.45, 7) is 0. The van der Waals surface area contributed by atoms with Gasteiger partial charge >= 0.3 is 0 Å². The Morgan fingerprint density at radius 2 is 1.71 bits per heavy atom. The third kappa shape index (κ3) is 2.35. The van der Waals surface area contributed by atoms with E-state index < -0.39 is 0 Å². The summed E-state index contributed by atoms with van der Waals surface area (Å²) < 4.78 is 0. The van der Waals surface area contributed by atoms with E-state index in [1.54, 1.807) is 24.6 Å². The molecule has 5 heteroatoms. The predicted molar refractivity (Wildman–Crippen MR) is 77.1 cm³/mol. The standard InChI is InChI=1S/C16H12N4O/c1-20-8-6-11(7-9-20)15(21)12(10-17)16-18-13-4-2-3-5-14(13)19-16/h2-9,21H,1H3. The van der Waals surface area contributed by atoms with Crippen LogP contribution in [0.3, 0.4) is 0 Å². The molecule has 0 amide bonds. The number of allylic oxidation sites excluding steroid dienone is 4. The van der Waals surface area contributed by atoms with Crippen molar-refractivity contribution in [3.05, 3.63) is 82.3 Å². The summed E-state index contributed by atoms with van der Waals surface area (Å²) in [4.78, 5) is 10.4. The fraction of sp³-hybridized carbons (Fsp3) is 0.0625. The lowest BCUT2D eigenvalue weighted by Crippen LogP contribution is -2.19. The molecule has 21 heavy (non-hydrogen) atoms. The number of benzene rings is 1. The van der Waals surface area contributed by atoms with Gasteiger partial charge in [-0.05, 0) is 24.3 Å². The summed E-state index contributed by atoms with van der Waals surface area (Å²) in [5, 5.41) is 21.1. The highest BCUT2D eigenvalue weighted by Gasteiger charge is 2.16. The van der Waals surface area contributed by atoms with E-state index in [1.807, 2.05) is 42.3 Å². The Labute approximate surface area is 121 Å². The fourth-order valence-corrected chi connectivity index (χ4v) is 2.03. The van der Waals surface area contributed by atoms with Gasteiger partial charge in [0.1, 0.15) is 17.4 Å². The van der Waals surface area contributed by atoms with Crippen molar-refractivity contribution in [2.45, 2.75) is 0 Å². The number of nitrogens with zero attached hydrogens (tertiary/aromatic N) is 4. The second-order valence-electron chi connectivity index (χ2n) is 4.62. The summed E-state index contributed by atoms with van der Waals surface area (Å²) in [6, 6.07) is 9.34. The van der Waals surface area contributed by atoms with Crippen molar-refractivity contribution in [3.8, 4) is 6.07 Å². The number of hydrogen-bond donors (Lipinski definition) is 1. The molecule has 0 unspecified atom stereocenters. The van der Waals surface area contributed by atoms with Gasteiger partial charge in [-0.15, -0.1) is 0 Å². The molecule has 2 aliphatic heterocycles. The van der Waals surface area contributed by atoms with Crippen molar-refractivity contribution in [2.24, 2.45) is 9.98 Å². The Morgan fingerprint density at radius 1 is 1.14 bits per heavy atom. The van der Waals surface area contributed by atoms with Crippen molar-refractivity contribution in [3.63, 3.8) is 0 Å². The molecule has 1 aromatic rings. The molecule has 2 aliphatic rings. The number of para-hydroxylation sites is 2. The molecule has 0 fully saturated rings. The van der Waals surface area contributed by atoms with Crippen LogP contribution >= 0.6 is 0 Å². The Balaban J connectivity index is 2.13. The van der Waals surface area contributed by atoms with E-state index in [0.717, 1.165) is 0 Å². The monoisotopic (exact) mass is 276 g/mol. The van der Waals surface area contributed by atoms with E-state index in [0.29, 0.717) is 16.3 Å². The molecule has 2 heterocycles. The van der Waals surface area contributed by atoms with Gasteiger partial charge in [0, 0.05) is 25.0 Å². The first kappa shape index (κ1) is 12.9. The molecule has 0 spiro atoms. The van der Waals surface area contributed by atoms with Gasteiger partial charge in [0.2, 0.25) is 0 Å². The van der Waals surface area contributed by atoms with Crippen LogP contribution in [0.2, 0.25) is 0 Å². The maximum Gasteiger partial charge on any atom is 0.175 e. The predicted octanol–water partition coefficient (Wildman–Crippen LogP) is 1.46. The smallest absolute Gasteiger partial charge is 0.175 e. The third-order valence-electron chi connectivity index (χ3n) is 3.16. The zero-order chi connectivity index (χ0) is 14.8. The Bertz CT molecular complexity index is 829. The Hall–Kier alpha value is -3.13. The van der Waals surface area contributed by atoms with Crippen molar-refractivity contribution < 1.29 is 5.11 Å². The van der Waals surface area contributed by atoms with Crippen molar-refractivity contribution in [2.75, 3.05) is 7.05 Å². The summed E-state index contributed by atoms with van der Waals surface area (Å²) in [5.41, 5.74) is 0.624. The van der Waals surface area contributed by atoms with E-state index in [2.05, 4.69) is 9.98 Å². The number of aliphatic hydroxyl groups excluding tert-OH is 1. The van der Waals surface area contributed by atoms with Crippen molar-refractivity contribution in [1.29, 1.82) is 5.26 Å². The number of rotatable bonds is 1. The number of fused-ring (bicyclic) bond motifs is 1. The minimum atomic E-state index is -0.117. The van der Waals surface area contributed by atoms with Crippen LogP contribution < -0.4 is 10.7 Å². The highest BCUT2D eigenvalue weighted by Crippen LogP contribution is 2.21. The number of aliphatic hydroxyl groups is 1. The molecular formula is C16H12N4O. The third-order valence-corrected chi connectivity index (χ3v) is 3.16.